The molecule has 0 unspecified atom stereocenters. The first-order chi connectivity index (χ1) is 12.3. The van der Waals surface area contributed by atoms with Crippen molar-refractivity contribution < 1.29 is 13.3 Å². The molecule has 1 saturated heterocycles. The van der Waals surface area contributed by atoms with Crippen molar-refractivity contribution in [2.75, 3.05) is 22.7 Å². The Bertz CT molecular complexity index is 872. The van der Waals surface area contributed by atoms with E-state index in [9.17, 15) is 18.5 Å². The number of anilines is 2. The summed E-state index contributed by atoms with van der Waals surface area (Å²) in [5, 5.41) is 10.7. The van der Waals surface area contributed by atoms with Crippen LogP contribution in [0.5, 0.6) is 0 Å². The fourth-order valence-electron chi connectivity index (χ4n) is 2.97. The van der Waals surface area contributed by atoms with Gasteiger partial charge in [0.05, 0.1) is 9.82 Å². The first kappa shape index (κ1) is 18.2. The first-order valence-corrected chi connectivity index (χ1v) is 9.96. The highest BCUT2D eigenvalue weighted by atomic mass is 32.2. The molecule has 1 aliphatic heterocycles. The molecule has 1 aliphatic rings. The van der Waals surface area contributed by atoms with Crippen LogP contribution >= 0.6 is 0 Å². The smallest absolute Gasteiger partial charge is 0.269 e. The molecule has 26 heavy (non-hydrogen) atoms. The largest absolute Gasteiger partial charge is 0.372 e. The van der Waals surface area contributed by atoms with Gasteiger partial charge in [-0.25, -0.2) is 8.42 Å². The zero-order valence-electron chi connectivity index (χ0n) is 14.5. The number of piperidine rings is 1. The van der Waals surface area contributed by atoms with E-state index in [2.05, 4.69) is 16.5 Å². The summed E-state index contributed by atoms with van der Waals surface area (Å²) in [6, 6.07) is 12.1. The SMILES string of the molecule is CC1CCN(c2ccc(NS(=O)(=O)c3ccc([N+](=O)[O-])cc3)cc2)CC1. The number of rotatable bonds is 5. The molecule has 138 valence electrons. The fourth-order valence-corrected chi connectivity index (χ4v) is 4.03. The highest BCUT2D eigenvalue weighted by Crippen LogP contribution is 2.25. The molecule has 0 aromatic heterocycles. The van der Waals surface area contributed by atoms with Gasteiger partial charge >= 0.3 is 0 Å². The summed E-state index contributed by atoms with van der Waals surface area (Å²) in [5.41, 5.74) is 1.39. The Balaban J connectivity index is 1.70. The molecule has 2 aromatic carbocycles. The third-order valence-electron chi connectivity index (χ3n) is 4.63. The highest BCUT2D eigenvalue weighted by Gasteiger charge is 2.18. The van der Waals surface area contributed by atoms with E-state index in [0.29, 0.717) is 5.69 Å². The van der Waals surface area contributed by atoms with Crippen molar-refractivity contribution in [1.29, 1.82) is 0 Å². The molecule has 7 nitrogen and oxygen atoms in total. The average molecular weight is 375 g/mol. The van der Waals surface area contributed by atoms with Gasteiger partial charge in [0.2, 0.25) is 0 Å². The Hall–Kier alpha value is -2.61. The summed E-state index contributed by atoms with van der Waals surface area (Å²) in [5.74, 6) is 0.749. The molecule has 1 N–H and O–H groups in total. The van der Waals surface area contributed by atoms with Gasteiger partial charge in [0.1, 0.15) is 0 Å². The lowest BCUT2D eigenvalue weighted by atomic mass is 9.99. The molecule has 0 aliphatic carbocycles. The molecular formula is C18H21N3O4S. The Morgan fingerprint density at radius 2 is 1.62 bits per heavy atom. The summed E-state index contributed by atoms with van der Waals surface area (Å²) in [7, 11) is -3.79. The van der Waals surface area contributed by atoms with E-state index in [1.54, 1.807) is 12.1 Å². The van der Waals surface area contributed by atoms with E-state index in [1.165, 1.54) is 24.3 Å². The van der Waals surface area contributed by atoms with Crippen molar-refractivity contribution >= 4 is 27.1 Å². The number of hydrogen-bond acceptors (Lipinski definition) is 5. The molecule has 0 saturated carbocycles. The second kappa shape index (κ2) is 7.33. The number of sulfonamides is 1. The van der Waals surface area contributed by atoms with Crippen molar-refractivity contribution in [1.82, 2.24) is 0 Å². The number of nitrogens with one attached hydrogen (secondary N) is 1. The van der Waals surface area contributed by atoms with Crippen molar-refractivity contribution in [3.8, 4) is 0 Å². The molecule has 8 heteroatoms. The van der Waals surface area contributed by atoms with E-state index in [-0.39, 0.29) is 10.6 Å². The van der Waals surface area contributed by atoms with Gasteiger partial charge in [0.25, 0.3) is 15.7 Å². The monoisotopic (exact) mass is 375 g/mol. The van der Waals surface area contributed by atoms with Crippen molar-refractivity contribution in [2.24, 2.45) is 5.92 Å². The van der Waals surface area contributed by atoms with Crippen LogP contribution in [0.2, 0.25) is 0 Å². The standard InChI is InChI=1S/C18H21N3O4S/c1-14-10-12-20(13-11-14)16-4-2-15(3-5-16)19-26(24,25)18-8-6-17(7-9-18)21(22)23/h2-9,14,19H,10-13H2,1H3. The maximum Gasteiger partial charge on any atom is 0.269 e. The highest BCUT2D eigenvalue weighted by molar-refractivity contribution is 7.92. The second-order valence-electron chi connectivity index (χ2n) is 6.57. The fraction of sp³-hybridized carbons (Fsp3) is 0.333. The average Bonchev–Trinajstić information content (AvgIpc) is 2.63. The number of hydrogen-bond donors (Lipinski definition) is 1. The van der Waals surface area contributed by atoms with E-state index >= 15 is 0 Å². The van der Waals surface area contributed by atoms with Crippen LogP contribution in [-0.2, 0) is 10.0 Å². The second-order valence-corrected chi connectivity index (χ2v) is 8.26. The van der Waals surface area contributed by atoms with Crippen LogP contribution in [0.1, 0.15) is 19.8 Å². The molecule has 0 amide bonds. The zero-order valence-corrected chi connectivity index (χ0v) is 15.3. The van der Waals surface area contributed by atoms with Gasteiger partial charge < -0.3 is 4.90 Å². The van der Waals surface area contributed by atoms with Gasteiger partial charge in [0, 0.05) is 36.6 Å². The van der Waals surface area contributed by atoms with Crippen LogP contribution in [0.15, 0.2) is 53.4 Å². The van der Waals surface area contributed by atoms with Crippen molar-refractivity contribution in [2.45, 2.75) is 24.7 Å². The van der Waals surface area contributed by atoms with E-state index in [4.69, 9.17) is 0 Å². The maximum absolute atomic E-state index is 12.4. The lowest BCUT2D eigenvalue weighted by molar-refractivity contribution is -0.384. The first-order valence-electron chi connectivity index (χ1n) is 8.47. The Morgan fingerprint density at radius 1 is 1.04 bits per heavy atom. The van der Waals surface area contributed by atoms with Crippen LogP contribution in [0.25, 0.3) is 0 Å². The predicted molar refractivity (Wildman–Crippen MR) is 101 cm³/mol. The van der Waals surface area contributed by atoms with Crippen molar-refractivity contribution in [3.63, 3.8) is 0 Å². The minimum Gasteiger partial charge on any atom is -0.372 e. The Morgan fingerprint density at radius 3 is 2.15 bits per heavy atom. The van der Waals surface area contributed by atoms with Crippen LogP contribution in [-0.4, -0.2) is 26.4 Å². The van der Waals surface area contributed by atoms with Crippen LogP contribution in [0, 0.1) is 16.0 Å². The van der Waals surface area contributed by atoms with Crippen molar-refractivity contribution in [3.05, 3.63) is 58.6 Å². The Labute approximate surface area is 152 Å². The normalized spacial score (nSPS) is 15.7. The van der Waals surface area contributed by atoms with Crippen LogP contribution in [0.3, 0.4) is 0 Å². The van der Waals surface area contributed by atoms with Crippen LogP contribution in [0.4, 0.5) is 17.1 Å². The number of benzene rings is 2. The summed E-state index contributed by atoms with van der Waals surface area (Å²) in [4.78, 5) is 12.4. The van der Waals surface area contributed by atoms with E-state index < -0.39 is 14.9 Å². The summed E-state index contributed by atoms with van der Waals surface area (Å²) < 4.78 is 27.3. The molecule has 0 atom stereocenters. The number of nitro benzene ring substituents is 1. The van der Waals surface area contributed by atoms with Gasteiger partial charge in [0.15, 0.2) is 0 Å². The van der Waals surface area contributed by atoms with E-state index in [0.717, 1.165) is 37.5 Å². The molecule has 0 radical (unpaired) electrons. The molecule has 1 heterocycles. The third kappa shape index (κ3) is 4.13. The molecule has 0 bridgehead atoms. The predicted octanol–water partition coefficient (Wildman–Crippen LogP) is 3.63. The molecule has 0 spiro atoms. The zero-order chi connectivity index (χ0) is 18.7. The van der Waals surface area contributed by atoms with Gasteiger partial charge in [-0.1, -0.05) is 6.92 Å². The van der Waals surface area contributed by atoms with Gasteiger partial charge in [-0.3, -0.25) is 14.8 Å². The molecule has 2 aromatic rings. The molecular weight excluding hydrogens is 354 g/mol. The summed E-state index contributed by atoms with van der Waals surface area (Å²) in [6.45, 7) is 4.28. The number of non-ortho nitro benzene ring substituents is 1. The lowest BCUT2D eigenvalue weighted by Crippen LogP contribution is -2.32. The number of nitrogens with zero attached hydrogens (tertiary/aromatic N) is 2. The summed E-state index contributed by atoms with van der Waals surface area (Å²) >= 11 is 0. The minimum absolute atomic E-state index is 0.0165. The van der Waals surface area contributed by atoms with Gasteiger partial charge in [-0.15, -0.1) is 0 Å². The van der Waals surface area contributed by atoms with Crippen LogP contribution < -0.4 is 9.62 Å². The topological polar surface area (TPSA) is 92.6 Å². The maximum atomic E-state index is 12.4. The summed E-state index contributed by atoms with van der Waals surface area (Å²) in [6.07, 6.45) is 2.32. The quantitative estimate of drug-likeness (QED) is 0.636. The van der Waals surface area contributed by atoms with E-state index in [1.807, 2.05) is 12.1 Å². The minimum atomic E-state index is -3.79. The van der Waals surface area contributed by atoms with Gasteiger partial charge in [-0.05, 0) is 55.2 Å². The van der Waals surface area contributed by atoms with Gasteiger partial charge in [-0.2, -0.15) is 0 Å². The lowest BCUT2D eigenvalue weighted by Gasteiger charge is -2.32. The molecule has 1 fully saturated rings. The molecule has 3 rings (SSSR count). The Kier molecular flexibility index (Phi) is 5.13. The number of nitro groups is 1. The third-order valence-corrected chi connectivity index (χ3v) is 6.02.